The lowest BCUT2D eigenvalue weighted by Gasteiger charge is -2.20. The number of hydrogen-bond acceptors (Lipinski definition) is 6. The summed E-state index contributed by atoms with van der Waals surface area (Å²) in [7, 11) is -3.85. The minimum absolute atomic E-state index is 0.107. The average Bonchev–Trinajstić information content (AvgIpc) is 3.49. The SMILES string of the molecule is Cc1ccc(S(=O)(=O)NC(CC(C)C)C(=O)Nc2cccc(-c3nnnn3C3CC3)c2)cc1. The van der Waals surface area contributed by atoms with Crippen LogP contribution in [0.15, 0.2) is 53.4 Å². The molecule has 1 amide bonds. The number of amides is 1. The normalized spacial score (nSPS) is 14.9. The molecular weight excluding hydrogens is 440 g/mol. The molecule has 1 fully saturated rings. The highest BCUT2D eigenvalue weighted by Crippen LogP contribution is 2.36. The number of aromatic nitrogens is 4. The molecule has 9 nitrogen and oxygen atoms in total. The van der Waals surface area contributed by atoms with Gasteiger partial charge < -0.3 is 5.32 Å². The van der Waals surface area contributed by atoms with E-state index in [2.05, 4.69) is 25.6 Å². The van der Waals surface area contributed by atoms with Gasteiger partial charge in [-0.25, -0.2) is 13.1 Å². The quantitative estimate of drug-likeness (QED) is 0.497. The van der Waals surface area contributed by atoms with Gasteiger partial charge in [0.25, 0.3) is 0 Å². The highest BCUT2D eigenvalue weighted by molar-refractivity contribution is 7.89. The van der Waals surface area contributed by atoms with Crippen LogP contribution in [0.25, 0.3) is 11.4 Å². The number of rotatable bonds is 9. The molecule has 0 bridgehead atoms. The number of tetrazole rings is 1. The fourth-order valence-electron chi connectivity index (χ4n) is 3.57. The summed E-state index contributed by atoms with van der Waals surface area (Å²) >= 11 is 0. The number of anilines is 1. The third kappa shape index (κ3) is 5.63. The number of aryl methyl sites for hydroxylation is 1. The Balaban J connectivity index is 1.53. The van der Waals surface area contributed by atoms with E-state index in [1.54, 1.807) is 28.9 Å². The summed E-state index contributed by atoms with van der Waals surface area (Å²) in [5.74, 6) is 0.335. The maximum absolute atomic E-state index is 13.1. The minimum Gasteiger partial charge on any atom is -0.325 e. The third-order valence-corrected chi connectivity index (χ3v) is 6.91. The average molecular weight is 469 g/mol. The molecule has 10 heteroatoms. The number of hydrogen-bond donors (Lipinski definition) is 2. The molecule has 2 N–H and O–H groups in total. The minimum atomic E-state index is -3.85. The lowest BCUT2D eigenvalue weighted by atomic mass is 10.0. The van der Waals surface area contributed by atoms with E-state index in [-0.39, 0.29) is 10.8 Å². The van der Waals surface area contributed by atoms with Gasteiger partial charge in [-0.2, -0.15) is 4.72 Å². The van der Waals surface area contributed by atoms with Gasteiger partial charge >= 0.3 is 0 Å². The number of sulfonamides is 1. The van der Waals surface area contributed by atoms with E-state index in [9.17, 15) is 13.2 Å². The first-order valence-corrected chi connectivity index (χ1v) is 12.5. The molecule has 2 aromatic carbocycles. The number of carbonyl (C=O) groups excluding carboxylic acids is 1. The van der Waals surface area contributed by atoms with E-state index in [0.29, 0.717) is 24.0 Å². The summed E-state index contributed by atoms with van der Waals surface area (Å²) in [6.07, 6.45) is 2.45. The van der Waals surface area contributed by atoms with Gasteiger partial charge in [0.2, 0.25) is 15.9 Å². The molecule has 1 atom stereocenters. The molecule has 1 aromatic heterocycles. The Labute approximate surface area is 193 Å². The summed E-state index contributed by atoms with van der Waals surface area (Å²) in [6.45, 7) is 5.77. The predicted molar refractivity (Wildman–Crippen MR) is 125 cm³/mol. The van der Waals surface area contributed by atoms with E-state index in [1.165, 1.54) is 12.1 Å². The van der Waals surface area contributed by atoms with Crippen molar-refractivity contribution < 1.29 is 13.2 Å². The molecule has 174 valence electrons. The van der Waals surface area contributed by atoms with Crippen molar-refractivity contribution >= 4 is 21.6 Å². The van der Waals surface area contributed by atoms with Gasteiger partial charge in [-0.1, -0.05) is 43.7 Å². The van der Waals surface area contributed by atoms with Crippen molar-refractivity contribution in [1.82, 2.24) is 24.9 Å². The van der Waals surface area contributed by atoms with Crippen LogP contribution in [0.5, 0.6) is 0 Å². The van der Waals surface area contributed by atoms with Gasteiger partial charge in [0.15, 0.2) is 5.82 Å². The van der Waals surface area contributed by atoms with Gasteiger partial charge in [-0.05, 0) is 66.8 Å². The van der Waals surface area contributed by atoms with E-state index >= 15 is 0 Å². The molecule has 0 radical (unpaired) electrons. The van der Waals surface area contributed by atoms with Crippen molar-refractivity contribution in [3.05, 3.63) is 54.1 Å². The lowest BCUT2D eigenvalue weighted by molar-refractivity contribution is -0.118. The molecule has 3 aromatic rings. The van der Waals surface area contributed by atoms with Gasteiger partial charge in [0.1, 0.15) is 6.04 Å². The Morgan fingerprint density at radius 1 is 1.15 bits per heavy atom. The summed E-state index contributed by atoms with van der Waals surface area (Å²) in [6, 6.07) is 13.2. The van der Waals surface area contributed by atoms with Crippen molar-refractivity contribution in [1.29, 1.82) is 0 Å². The second kappa shape index (κ2) is 9.40. The molecule has 1 heterocycles. The van der Waals surface area contributed by atoms with Crippen molar-refractivity contribution in [2.75, 3.05) is 5.32 Å². The molecule has 0 saturated heterocycles. The number of nitrogens with one attached hydrogen (secondary N) is 2. The summed E-state index contributed by atoms with van der Waals surface area (Å²) < 4.78 is 30.2. The first kappa shape index (κ1) is 23.1. The van der Waals surface area contributed by atoms with E-state index < -0.39 is 22.0 Å². The topological polar surface area (TPSA) is 119 Å². The molecular formula is C23H28N6O3S. The number of nitrogens with zero attached hydrogens (tertiary/aromatic N) is 4. The van der Waals surface area contributed by atoms with Crippen LogP contribution in [0.2, 0.25) is 0 Å². The first-order chi connectivity index (χ1) is 15.7. The lowest BCUT2D eigenvalue weighted by Crippen LogP contribution is -2.44. The smallest absolute Gasteiger partial charge is 0.242 e. The monoisotopic (exact) mass is 468 g/mol. The Bertz CT molecular complexity index is 1230. The van der Waals surface area contributed by atoms with Gasteiger partial charge in [-0.15, -0.1) is 5.10 Å². The van der Waals surface area contributed by atoms with Gasteiger partial charge in [-0.3, -0.25) is 4.79 Å². The number of carbonyl (C=O) groups is 1. The fourth-order valence-corrected chi connectivity index (χ4v) is 4.78. The van der Waals surface area contributed by atoms with E-state index in [1.807, 2.05) is 32.9 Å². The summed E-state index contributed by atoms with van der Waals surface area (Å²) in [5, 5.41) is 14.8. The molecule has 33 heavy (non-hydrogen) atoms. The Morgan fingerprint density at radius 2 is 1.88 bits per heavy atom. The second-order valence-corrected chi connectivity index (χ2v) is 10.6. The molecule has 1 aliphatic rings. The van der Waals surface area contributed by atoms with Crippen molar-refractivity contribution in [3.8, 4) is 11.4 Å². The molecule has 1 saturated carbocycles. The van der Waals surface area contributed by atoms with Crippen molar-refractivity contribution in [3.63, 3.8) is 0 Å². The molecule has 0 aliphatic heterocycles. The van der Waals surface area contributed by atoms with Crippen LogP contribution in [0.4, 0.5) is 5.69 Å². The van der Waals surface area contributed by atoms with Crippen LogP contribution < -0.4 is 10.0 Å². The van der Waals surface area contributed by atoms with Crippen molar-refractivity contribution in [2.45, 2.75) is 57.0 Å². The highest BCUT2D eigenvalue weighted by atomic mass is 32.2. The maximum Gasteiger partial charge on any atom is 0.242 e. The summed E-state index contributed by atoms with van der Waals surface area (Å²) in [4.78, 5) is 13.2. The van der Waals surface area contributed by atoms with Crippen LogP contribution >= 0.6 is 0 Å². The number of benzene rings is 2. The van der Waals surface area contributed by atoms with Crippen LogP contribution in [0.1, 0.15) is 44.7 Å². The third-order valence-electron chi connectivity index (χ3n) is 5.43. The van der Waals surface area contributed by atoms with Crippen molar-refractivity contribution in [2.24, 2.45) is 5.92 Å². The van der Waals surface area contributed by atoms with Crippen LogP contribution in [-0.4, -0.2) is 40.6 Å². The molecule has 1 unspecified atom stereocenters. The first-order valence-electron chi connectivity index (χ1n) is 11.0. The molecule has 0 spiro atoms. The Morgan fingerprint density at radius 3 is 2.55 bits per heavy atom. The maximum atomic E-state index is 13.1. The Hall–Kier alpha value is -3.11. The standard InChI is InChI=1S/C23H28N6O3S/c1-15(2)13-21(26-33(31,32)20-11-7-16(3)8-12-20)23(30)24-18-6-4-5-17(14-18)22-25-27-28-29(22)19-9-10-19/h4-8,11-12,14-15,19,21,26H,9-10,13H2,1-3H3,(H,24,30). The van der Waals surface area contributed by atoms with Gasteiger partial charge in [0, 0.05) is 11.3 Å². The highest BCUT2D eigenvalue weighted by Gasteiger charge is 2.29. The van der Waals surface area contributed by atoms with Crippen LogP contribution in [0.3, 0.4) is 0 Å². The fraction of sp³-hybridized carbons (Fsp3) is 0.391. The van der Waals surface area contributed by atoms with Crippen LogP contribution in [-0.2, 0) is 14.8 Å². The van der Waals surface area contributed by atoms with E-state index in [4.69, 9.17) is 0 Å². The van der Waals surface area contributed by atoms with Gasteiger partial charge in [0.05, 0.1) is 10.9 Å². The van der Waals surface area contributed by atoms with Crippen LogP contribution in [0, 0.1) is 12.8 Å². The predicted octanol–water partition coefficient (Wildman–Crippen LogP) is 3.32. The molecule has 4 rings (SSSR count). The van der Waals surface area contributed by atoms with E-state index in [0.717, 1.165) is 24.0 Å². The zero-order chi connectivity index (χ0) is 23.6. The zero-order valence-electron chi connectivity index (χ0n) is 18.9. The molecule has 1 aliphatic carbocycles. The largest absolute Gasteiger partial charge is 0.325 e. The zero-order valence-corrected chi connectivity index (χ0v) is 19.7. The Kier molecular flexibility index (Phi) is 6.57. The summed E-state index contributed by atoms with van der Waals surface area (Å²) in [5.41, 5.74) is 2.29. The second-order valence-electron chi connectivity index (χ2n) is 8.86.